The van der Waals surface area contributed by atoms with Gasteiger partial charge in [0.15, 0.2) is 0 Å². The molecule has 0 spiro atoms. The SMILES string of the molecule is O=C(c1cccc(C(F)(F)F)c1)N1CCN(S(=O)(=O)c2cc(C(F)(F)F)ccc2Cl)CC1. The number of halogens is 7. The zero-order chi connectivity index (χ0) is 23.9. The van der Waals surface area contributed by atoms with E-state index in [0.29, 0.717) is 18.2 Å². The second-order valence-corrected chi connectivity index (χ2v) is 9.23. The molecule has 174 valence electrons. The molecule has 0 unspecified atom stereocenters. The van der Waals surface area contributed by atoms with Crippen molar-refractivity contribution in [3.63, 3.8) is 0 Å². The number of sulfonamides is 1. The van der Waals surface area contributed by atoms with Crippen LogP contribution in [-0.4, -0.2) is 49.7 Å². The largest absolute Gasteiger partial charge is 0.416 e. The van der Waals surface area contributed by atoms with Crippen molar-refractivity contribution in [2.24, 2.45) is 0 Å². The molecule has 3 rings (SSSR count). The van der Waals surface area contributed by atoms with E-state index in [9.17, 15) is 39.6 Å². The van der Waals surface area contributed by atoms with Crippen molar-refractivity contribution >= 4 is 27.5 Å². The predicted molar refractivity (Wildman–Crippen MR) is 103 cm³/mol. The molecule has 5 nitrogen and oxygen atoms in total. The molecule has 13 heteroatoms. The van der Waals surface area contributed by atoms with Gasteiger partial charge in [0.2, 0.25) is 10.0 Å². The van der Waals surface area contributed by atoms with E-state index >= 15 is 0 Å². The van der Waals surface area contributed by atoms with Crippen LogP contribution in [0.2, 0.25) is 5.02 Å². The fraction of sp³-hybridized carbons (Fsp3) is 0.316. The van der Waals surface area contributed by atoms with Crippen molar-refractivity contribution in [2.75, 3.05) is 26.2 Å². The number of hydrogen-bond donors (Lipinski definition) is 0. The van der Waals surface area contributed by atoms with Crippen molar-refractivity contribution in [1.29, 1.82) is 0 Å². The normalized spacial score (nSPS) is 16.3. The van der Waals surface area contributed by atoms with Gasteiger partial charge in [-0.25, -0.2) is 8.42 Å². The van der Waals surface area contributed by atoms with Crippen LogP contribution in [0.25, 0.3) is 0 Å². The lowest BCUT2D eigenvalue weighted by Gasteiger charge is -2.34. The van der Waals surface area contributed by atoms with Crippen LogP contribution in [0.15, 0.2) is 47.4 Å². The Bertz CT molecular complexity index is 1130. The van der Waals surface area contributed by atoms with Crippen LogP contribution in [-0.2, 0) is 22.4 Å². The number of alkyl halides is 6. The summed E-state index contributed by atoms with van der Waals surface area (Å²) in [5.41, 5.74) is -2.39. The number of amides is 1. The second kappa shape index (κ2) is 8.56. The second-order valence-electron chi connectivity index (χ2n) is 6.92. The Kier molecular flexibility index (Phi) is 6.51. The number of hydrogen-bond acceptors (Lipinski definition) is 3. The van der Waals surface area contributed by atoms with Crippen LogP contribution in [0.5, 0.6) is 0 Å². The molecular formula is C19H15ClF6N2O3S. The van der Waals surface area contributed by atoms with E-state index in [1.54, 1.807) is 0 Å². The highest BCUT2D eigenvalue weighted by molar-refractivity contribution is 7.89. The van der Waals surface area contributed by atoms with E-state index in [1.807, 2.05) is 0 Å². The zero-order valence-electron chi connectivity index (χ0n) is 16.0. The third-order valence-corrected chi connectivity index (χ3v) is 7.22. The summed E-state index contributed by atoms with van der Waals surface area (Å²) in [6, 6.07) is 5.76. The molecule has 1 heterocycles. The maximum atomic E-state index is 13.0. The molecule has 0 N–H and O–H groups in total. The first-order chi connectivity index (χ1) is 14.7. The molecule has 1 saturated heterocycles. The van der Waals surface area contributed by atoms with Crippen molar-refractivity contribution in [3.05, 3.63) is 64.2 Å². The Labute approximate surface area is 184 Å². The lowest BCUT2D eigenvalue weighted by Crippen LogP contribution is -2.50. The number of rotatable bonds is 3. The lowest BCUT2D eigenvalue weighted by atomic mass is 10.1. The Morgan fingerprint density at radius 1 is 0.844 bits per heavy atom. The minimum Gasteiger partial charge on any atom is -0.336 e. The maximum absolute atomic E-state index is 13.0. The fourth-order valence-corrected chi connectivity index (χ4v) is 5.08. The van der Waals surface area contributed by atoms with Gasteiger partial charge in [0.25, 0.3) is 5.91 Å². The molecule has 1 aliphatic heterocycles. The van der Waals surface area contributed by atoms with Gasteiger partial charge in [-0.15, -0.1) is 0 Å². The number of carbonyl (C=O) groups excluding carboxylic acids is 1. The Morgan fingerprint density at radius 2 is 1.41 bits per heavy atom. The molecule has 0 atom stereocenters. The molecule has 2 aromatic rings. The van der Waals surface area contributed by atoms with Crippen LogP contribution >= 0.6 is 11.6 Å². The highest BCUT2D eigenvalue weighted by Crippen LogP contribution is 2.35. The van der Waals surface area contributed by atoms with Crippen LogP contribution < -0.4 is 0 Å². The van der Waals surface area contributed by atoms with Gasteiger partial charge in [-0.05, 0) is 36.4 Å². The number of nitrogens with zero attached hydrogens (tertiary/aromatic N) is 2. The fourth-order valence-electron chi connectivity index (χ4n) is 3.16. The maximum Gasteiger partial charge on any atom is 0.416 e. The van der Waals surface area contributed by atoms with Gasteiger partial charge in [0.05, 0.1) is 16.1 Å². The average Bonchev–Trinajstić information content (AvgIpc) is 2.72. The van der Waals surface area contributed by atoms with Gasteiger partial charge in [-0.1, -0.05) is 17.7 Å². The summed E-state index contributed by atoms with van der Waals surface area (Å²) < 4.78 is 104. The summed E-state index contributed by atoms with van der Waals surface area (Å²) in [5, 5.41) is -0.388. The van der Waals surface area contributed by atoms with Crippen LogP contribution in [0.4, 0.5) is 26.3 Å². The molecule has 0 saturated carbocycles. The average molecular weight is 501 g/mol. The number of benzene rings is 2. The molecule has 0 radical (unpaired) electrons. The number of carbonyl (C=O) groups is 1. The first-order valence-corrected chi connectivity index (χ1v) is 10.9. The Balaban J connectivity index is 1.77. The molecule has 0 aromatic heterocycles. The molecule has 0 aliphatic carbocycles. The van der Waals surface area contributed by atoms with E-state index < -0.39 is 44.3 Å². The van der Waals surface area contributed by atoms with Gasteiger partial charge >= 0.3 is 12.4 Å². The van der Waals surface area contributed by atoms with Gasteiger partial charge in [-0.3, -0.25) is 4.79 Å². The standard InChI is InChI=1S/C19H15ClF6N2O3S/c20-15-5-4-14(19(24,25)26)11-16(15)32(30,31)28-8-6-27(7-9-28)17(29)12-2-1-3-13(10-12)18(21,22)23/h1-5,10-11H,6-9H2. The van der Waals surface area contributed by atoms with E-state index in [2.05, 4.69) is 0 Å². The molecule has 1 aliphatic rings. The van der Waals surface area contributed by atoms with E-state index in [4.69, 9.17) is 11.6 Å². The first-order valence-electron chi connectivity index (χ1n) is 9.04. The molecule has 32 heavy (non-hydrogen) atoms. The first kappa shape index (κ1) is 24.3. The summed E-state index contributed by atoms with van der Waals surface area (Å²) in [5.74, 6) is -0.717. The summed E-state index contributed by atoms with van der Waals surface area (Å²) >= 11 is 5.83. The van der Waals surface area contributed by atoms with E-state index in [-0.39, 0.29) is 36.8 Å². The van der Waals surface area contributed by atoms with Crippen LogP contribution in [0, 0.1) is 0 Å². The highest BCUT2D eigenvalue weighted by Gasteiger charge is 2.36. The van der Waals surface area contributed by atoms with Crippen molar-refractivity contribution in [1.82, 2.24) is 9.21 Å². The number of piperazine rings is 1. The summed E-state index contributed by atoms with van der Waals surface area (Å²) in [6.07, 6.45) is -9.40. The Hall–Kier alpha value is -2.31. The minimum atomic E-state index is -4.77. The Morgan fingerprint density at radius 3 is 1.97 bits per heavy atom. The smallest absolute Gasteiger partial charge is 0.336 e. The van der Waals surface area contributed by atoms with Gasteiger partial charge in [0.1, 0.15) is 4.90 Å². The quantitative estimate of drug-likeness (QED) is 0.582. The van der Waals surface area contributed by atoms with E-state index in [1.165, 1.54) is 11.0 Å². The van der Waals surface area contributed by atoms with Crippen LogP contribution in [0.3, 0.4) is 0 Å². The molecular weight excluding hydrogens is 486 g/mol. The molecule has 2 aromatic carbocycles. The minimum absolute atomic E-state index is 0.162. The van der Waals surface area contributed by atoms with E-state index in [0.717, 1.165) is 22.5 Å². The molecule has 1 fully saturated rings. The topological polar surface area (TPSA) is 57.7 Å². The summed E-state index contributed by atoms with van der Waals surface area (Å²) in [6.45, 7) is -0.852. The van der Waals surface area contributed by atoms with Gasteiger partial charge < -0.3 is 4.90 Å². The lowest BCUT2D eigenvalue weighted by molar-refractivity contribution is -0.138. The van der Waals surface area contributed by atoms with Crippen molar-refractivity contribution < 1.29 is 39.6 Å². The highest BCUT2D eigenvalue weighted by atomic mass is 35.5. The predicted octanol–water partition coefficient (Wildman–Crippen LogP) is 4.52. The van der Waals surface area contributed by atoms with Gasteiger partial charge in [-0.2, -0.15) is 30.6 Å². The zero-order valence-corrected chi connectivity index (χ0v) is 17.6. The summed E-state index contributed by atoms with van der Waals surface area (Å²) in [4.78, 5) is 13.0. The van der Waals surface area contributed by atoms with Crippen molar-refractivity contribution in [3.8, 4) is 0 Å². The molecule has 1 amide bonds. The monoisotopic (exact) mass is 500 g/mol. The third-order valence-electron chi connectivity index (χ3n) is 4.84. The summed E-state index contributed by atoms with van der Waals surface area (Å²) in [7, 11) is -4.40. The van der Waals surface area contributed by atoms with Crippen LogP contribution in [0.1, 0.15) is 21.5 Å². The molecule has 0 bridgehead atoms. The van der Waals surface area contributed by atoms with Crippen molar-refractivity contribution in [2.45, 2.75) is 17.2 Å². The third kappa shape index (κ3) is 5.02. The van der Waals surface area contributed by atoms with Gasteiger partial charge in [0, 0.05) is 31.7 Å².